The lowest BCUT2D eigenvalue weighted by Crippen LogP contribution is -2.43. The summed E-state index contributed by atoms with van der Waals surface area (Å²) in [5.41, 5.74) is 0.580. The van der Waals surface area contributed by atoms with Gasteiger partial charge in [-0.2, -0.15) is 0 Å². The average molecular weight is 344 g/mol. The summed E-state index contributed by atoms with van der Waals surface area (Å²) in [5.74, 6) is -0.127. The zero-order valence-electron chi connectivity index (χ0n) is 13.2. The summed E-state index contributed by atoms with van der Waals surface area (Å²) < 4.78 is 5.41. The lowest BCUT2D eigenvalue weighted by atomic mass is 9.97. The molecule has 0 N–H and O–H groups in total. The maximum absolute atomic E-state index is 12.6. The van der Waals surface area contributed by atoms with Crippen molar-refractivity contribution in [1.29, 1.82) is 0 Å². The highest BCUT2D eigenvalue weighted by atomic mass is 35.5. The molecule has 124 valence electrons. The minimum atomic E-state index is -0.296. The van der Waals surface area contributed by atoms with E-state index in [0.717, 1.165) is 12.8 Å². The van der Waals surface area contributed by atoms with Crippen molar-refractivity contribution in [1.82, 2.24) is 4.90 Å². The van der Waals surface area contributed by atoms with Gasteiger partial charge < -0.3 is 9.64 Å². The summed E-state index contributed by atoms with van der Waals surface area (Å²) in [7, 11) is 0. The van der Waals surface area contributed by atoms with Gasteiger partial charge in [-0.25, -0.2) is 0 Å². The lowest BCUT2D eigenvalue weighted by Gasteiger charge is -2.31. The minimum Gasteiger partial charge on any atom is -0.426 e. The van der Waals surface area contributed by atoms with Gasteiger partial charge in [0.2, 0.25) is 0 Å². The fourth-order valence-corrected chi connectivity index (χ4v) is 2.94. The number of hydrogen-bond acceptors (Lipinski definition) is 3. The number of rotatable bonds is 3. The van der Waals surface area contributed by atoms with Crippen molar-refractivity contribution in [2.75, 3.05) is 13.1 Å². The van der Waals surface area contributed by atoms with Crippen molar-refractivity contribution < 1.29 is 14.3 Å². The van der Waals surface area contributed by atoms with Gasteiger partial charge in [-0.3, -0.25) is 9.59 Å². The Morgan fingerprint density at radius 1 is 1.04 bits per heavy atom. The molecule has 0 unspecified atom stereocenters. The van der Waals surface area contributed by atoms with Crippen LogP contribution in [0.5, 0.6) is 5.75 Å². The number of likely N-dealkylation sites (tertiary alicyclic amines) is 1. The summed E-state index contributed by atoms with van der Waals surface area (Å²) in [4.78, 5) is 26.6. The molecule has 4 nitrogen and oxygen atoms in total. The number of piperidine rings is 1. The van der Waals surface area contributed by atoms with Crippen molar-refractivity contribution in [2.45, 2.75) is 12.8 Å². The molecular formula is C19H18ClNO3. The molecule has 0 aliphatic carbocycles. The molecule has 1 aliphatic heterocycles. The highest BCUT2D eigenvalue weighted by Gasteiger charge is 2.30. The fourth-order valence-electron chi connectivity index (χ4n) is 2.82. The van der Waals surface area contributed by atoms with Gasteiger partial charge in [-0.15, -0.1) is 0 Å². The Bertz CT molecular complexity index is 715. The van der Waals surface area contributed by atoms with Crippen LogP contribution in [0.4, 0.5) is 0 Å². The molecule has 2 aromatic carbocycles. The largest absolute Gasteiger partial charge is 0.426 e. The predicted molar refractivity (Wildman–Crippen MR) is 92.2 cm³/mol. The number of nitrogens with zero attached hydrogens (tertiary/aromatic N) is 1. The van der Waals surface area contributed by atoms with E-state index in [2.05, 4.69) is 0 Å². The van der Waals surface area contributed by atoms with Crippen LogP contribution in [-0.2, 0) is 4.79 Å². The maximum Gasteiger partial charge on any atom is 0.316 e. The fraction of sp³-hybridized carbons (Fsp3) is 0.263. The monoisotopic (exact) mass is 343 g/mol. The summed E-state index contributed by atoms with van der Waals surface area (Å²) >= 11 is 5.86. The van der Waals surface area contributed by atoms with Gasteiger partial charge in [-0.1, -0.05) is 29.8 Å². The van der Waals surface area contributed by atoms with E-state index in [1.807, 2.05) is 18.2 Å². The van der Waals surface area contributed by atoms with Gasteiger partial charge in [0.05, 0.1) is 5.92 Å². The number of carbonyl (C=O) groups is 2. The first kappa shape index (κ1) is 16.5. The summed E-state index contributed by atoms with van der Waals surface area (Å²) in [6.45, 7) is 1.03. The van der Waals surface area contributed by atoms with Crippen LogP contribution in [0.15, 0.2) is 54.6 Å². The standard InChI is InChI=1S/C19H18ClNO3/c20-16-10-8-14(9-11-16)18(22)21-12-4-5-15(13-21)19(23)24-17-6-2-1-3-7-17/h1-3,6-11,15H,4-5,12-13H2/t15-/m0/s1. The van der Waals surface area contributed by atoms with Gasteiger partial charge in [0.1, 0.15) is 5.75 Å². The molecule has 1 aliphatic rings. The molecular weight excluding hydrogens is 326 g/mol. The first-order valence-corrected chi connectivity index (χ1v) is 8.33. The smallest absolute Gasteiger partial charge is 0.316 e. The summed E-state index contributed by atoms with van der Waals surface area (Å²) in [5, 5.41) is 0.592. The van der Waals surface area contributed by atoms with Gasteiger partial charge >= 0.3 is 5.97 Å². The van der Waals surface area contributed by atoms with Crippen LogP contribution in [0.2, 0.25) is 5.02 Å². The Kier molecular flexibility index (Phi) is 5.16. The quantitative estimate of drug-likeness (QED) is 0.629. The molecule has 0 radical (unpaired) electrons. The highest BCUT2D eigenvalue weighted by Crippen LogP contribution is 2.22. The van der Waals surface area contributed by atoms with Crippen molar-refractivity contribution >= 4 is 23.5 Å². The van der Waals surface area contributed by atoms with E-state index in [1.54, 1.807) is 41.3 Å². The zero-order valence-corrected chi connectivity index (χ0v) is 13.9. The van der Waals surface area contributed by atoms with E-state index in [-0.39, 0.29) is 17.8 Å². The summed E-state index contributed by atoms with van der Waals surface area (Å²) in [6, 6.07) is 15.8. The Morgan fingerprint density at radius 2 is 1.75 bits per heavy atom. The van der Waals surface area contributed by atoms with Gasteiger partial charge in [0.15, 0.2) is 0 Å². The predicted octanol–water partition coefficient (Wildman–Crippen LogP) is 3.80. The normalized spacial score (nSPS) is 17.4. The van der Waals surface area contributed by atoms with E-state index >= 15 is 0 Å². The van der Waals surface area contributed by atoms with Crippen LogP contribution in [0.3, 0.4) is 0 Å². The minimum absolute atomic E-state index is 0.0797. The molecule has 1 heterocycles. The molecule has 1 saturated heterocycles. The number of amides is 1. The molecule has 3 rings (SSSR count). The van der Waals surface area contributed by atoms with Crippen molar-refractivity contribution in [3.63, 3.8) is 0 Å². The maximum atomic E-state index is 12.6. The van der Waals surface area contributed by atoms with Crippen LogP contribution in [-0.4, -0.2) is 29.9 Å². The Hall–Kier alpha value is -2.33. The molecule has 1 fully saturated rings. The molecule has 1 atom stereocenters. The second-order valence-electron chi connectivity index (χ2n) is 5.83. The number of hydrogen-bond donors (Lipinski definition) is 0. The summed E-state index contributed by atoms with van der Waals surface area (Å²) in [6.07, 6.45) is 1.52. The Balaban J connectivity index is 1.64. The van der Waals surface area contributed by atoms with Gasteiger partial charge in [0.25, 0.3) is 5.91 Å². The van der Waals surface area contributed by atoms with E-state index in [9.17, 15) is 9.59 Å². The Labute approximate surface area is 146 Å². The van der Waals surface area contributed by atoms with Crippen molar-refractivity contribution in [3.8, 4) is 5.75 Å². The van der Waals surface area contributed by atoms with E-state index in [4.69, 9.17) is 16.3 Å². The topological polar surface area (TPSA) is 46.6 Å². The average Bonchev–Trinajstić information content (AvgIpc) is 2.63. The number of halogens is 1. The lowest BCUT2D eigenvalue weighted by molar-refractivity contribution is -0.140. The highest BCUT2D eigenvalue weighted by molar-refractivity contribution is 6.30. The van der Waals surface area contributed by atoms with Crippen LogP contribution in [0.1, 0.15) is 23.2 Å². The molecule has 2 aromatic rings. The molecule has 0 saturated carbocycles. The van der Waals surface area contributed by atoms with Gasteiger partial charge in [-0.05, 0) is 49.2 Å². The SMILES string of the molecule is O=C(Oc1ccccc1)[C@H]1CCCN(C(=O)c2ccc(Cl)cc2)C1. The van der Waals surface area contributed by atoms with Gasteiger partial charge in [0, 0.05) is 23.7 Å². The first-order chi connectivity index (χ1) is 11.6. The first-order valence-electron chi connectivity index (χ1n) is 7.95. The second kappa shape index (κ2) is 7.49. The van der Waals surface area contributed by atoms with Crippen molar-refractivity contribution in [3.05, 3.63) is 65.2 Å². The third-order valence-electron chi connectivity index (χ3n) is 4.09. The molecule has 0 bridgehead atoms. The molecule has 0 aromatic heterocycles. The Morgan fingerprint density at radius 3 is 2.46 bits per heavy atom. The van der Waals surface area contributed by atoms with E-state index in [0.29, 0.717) is 29.4 Å². The van der Waals surface area contributed by atoms with E-state index in [1.165, 1.54) is 0 Å². The van der Waals surface area contributed by atoms with Crippen molar-refractivity contribution in [2.24, 2.45) is 5.92 Å². The number of carbonyl (C=O) groups excluding carboxylic acids is 2. The molecule has 1 amide bonds. The van der Waals surface area contributed by atoms with Crippen LogP contribution in [0.25, 0.3) is 0 Å². The zero-order chi connectivity index (χ0) is 16.9. The van der Waals surface area contributed by atoms with Crippen LogP contribution >= 0.6 is 11.6 Å². The van der Waals surface area contributed by atoms with E-state index < -0.39 is 0 Å². The van der Waals surface area contributed by atoms with Crippen LogP contribution in [0, 0.1) is 5.92 Å². The molecule has 0 spiro atoms. The number of esters is 1. The second-order valence-corrected chi connectivity index (χ2v) is 6.27. The number of benzene rings is 2. The molecule has 24 heavy (non-hydrogen) atoms. The molecule has 5 heteroatoms. The third kappa shape index (κ3) is 3.95. The number of para-hydroxylation sites is 1. The number of ether oxygens (including phenoxy) is 1. The third-order valence-corrected chi connectivity index (χ3v) is 4.35. The van der Waals surface area contributed by atoms with Crippen LogP contribution < -0.4 is 4.74 Å².